The molecule has 0 fully saturated rings. The van der Waals surface area contributed by atoms with Crippen LogP contribution in [0.1, 0.15) is 29.8 Å². The van der Waals surface area contributed by atoms with Gasteiger partial charge in [0.1, 0.15) is 5.75 Å². The van der Waals surface area contributed by atoms with Crippen LogP contribution >= 0.6 is 0 Å². The van der Waals surface area contributed by atoms with Gasteiger partial charge in [-0.05, 0) is 56.7 Å². The van der Waals surface area contributed by atoms with E-state index in [0.29, 0.717) is 5.69 Å². The highest BCUT2D eigenvalue weighted by molar-refractivity contribution is 5.88. The second-order valence-electron chi connectivity index (χ2n) is 4.88. The number of carboxylic acids is 1. The molecule has 0 radical (unpaired) electrons. The zero-order chi connectivity index (χ0) is 14.7. The first-order valence-corrected chi connectivity index (χ1v) is 6.44. The standard InChI is InChI=1S/C16H17NO3/c1-10(2)20-15-5-4-12(8-11(15)3)14-9-13(16(18)19)6-7-17-14/h4-10H,1-3H3,(H,18,19). The molecular weight excluding hydrogens is 254 g/mol. The van der Waals surface area contributed by atoms with Gasteiger partial charge in [0.25, 0.3) is 0 Å². The number of aryl methyl sites for hydroxylation is 1. The Hall–Kier alpha value is -2.36. The van der Waals surface area contributed by atoms with Crippen molar-refractivity contribution >= 4 is 5.97 Å². The van der Waals surface area contributed by atoms with E-state index in [0.717, 1.165) is 16.9 Å². The molecule has 1 heterocycles. The highest BCUT2D eigenvalue weighted by atomic mass is 16.5. The SMILES string of the molecule is Cc1cc(-c2cc(C(=O)O)ccn2)ccc1OC(C)C. The summed E-state index contributed by atoms with van der Waals surface area (Å²) in [6, 6.07) is 8.78. The van der Waals surface area contributed by atoms with E-state index in [-0.39, 0.29) is 11.7 Å². The molecule has 104 valence electrons. The Bertz CT molecular complexity index is 635. The van der Waals surface area contributed by atoms with Crippen molar-refractivity contribution < 1.29 is 14.6 Å². The van der Waals surface area contributed by atoms with Crippen LogP contribution in [0.25, 0.3) is 11.3 Å². The highest BCUT2D eigenvalue weighted by Crippen LogP contribution is 2.26. The lowest BCUT2D eigenvalue weighted by Crippen LogP contribution is -2.06. The van der Waals surface area contributed by atoms with Crippen molar-refractivity contribution in [3.8, 4) is 17.0 Å². The number of carbonyl (C=O) groups is 1. The summed E-state index contributed by atoms with van der Waals surface area (Å²) in [5, 5.41) is 9.01. The van der Waals surface area contributed by atoms with Gasteiger partial charge in [-0.25, -0.2) is 4.79 Å². The molecule has 0 saturated heterocycles. The molecule has 1 aromatic heterocycles. The van der Waals surface area contributed by atoms with E-state index in [9.17, 15) is 4.79 Å². The van der Waals surface area contributed by atoms with Crippen molar-refractivity contribution in [2.75, 3.05) is 0 Å². The summed E-state index contributed by atoms with van der Waals surface area (Å²) in [6.45, 7) is 5.92. The highest BCUT2D eigenvalue weighted by Gasteiger charge is 2.08. The fraction of sp³-hybridized carbons (Fsp3) is 0.250. The van der Waals surface area contributed by atoms with Gasteiger partial charge in [-0.3, -0.25) is 4.98 Å². The zero-order valence-electron chi connectivity index (χ0n) is 11.8. The van der Waals surface area contributed by atoms with Gasteiger partial charge in [-0.15, -0.1) is 0 Å². The third-order valence-electron chi connectivity index (χ3n) is 2.84. The molecule has 1 aromatic carbocycles. The van der Waals surface area contributed by atoms with Gasteiger partial charge < -0.3 is 9.84 Å². The maximum Gasteiger partial charge on any atom is 0.335 e. The summed E-state index contributed by atoms with van der Waals surface area (Å²) in [6.07, 6.45) is 1.63. The van der Waals surface area contributed by atoms with E-state index in [4.69, 9.17) is 9.84 Å². The number of nitrogens with zero attached hydrogens (tertiary/aromatic N) is 1. The third kappa shape index (κ3) is 3.15. The van der Waals surface area contributed by atoms with Crippen LogP contribution in [0.4, 0.5) is 0 Å². The molecule has 2 aromatic rings. The summed E-state index contributed by atoms with van der Waals surface area (Å²) in [5.74, 6) is -0.122. The van der Waals surface area contributed by atoms with E-state index >= 15 is 0 Å². The molecule has 0 atom stereocenters. The lowest BCUT2D eigenvalue weighted by molar-refractivity contribution is 0.0697. The van der Waals surface area contributed by atoms with Crippen molar-refractivity contribution in [1.82, 2.24) is 4.98 Å². The Morgan fingerprint density at radius 1 is 1.25 bits per heavy atom. The first-order valence-electron chi connectivity index (χ1n) is 6.44. The van der Waals surface area contributed by atoms with Crippen molar-refractivity contribution in [1.29, 1.82) is 0 Å². The van der Waals surface area contributed by atoms with Crippen molar-refractivity contribution in [2.45, 2.75) is 26.9 Å². The minimum Gasteiger partial charge on any atom is -0.491 e. The summed E-state index contributed by atoms with van der Waals surface area (Å²) >= 11 is 0. The molecule has 0 saturated carbocycles. The number of hydrogen-bond acceptors (Lipinski definition) is 3. The zero-order valence-corrected chi connectivity index (χ0v) is 11.8. The second kappa shape index (κ2) is 5.74. The van der Waals surface area contributed by atoms with Crippen LogP contribution in [0.15, 0.2) is 36.5 Å². The van der Waals surface area contributed by atoms with Gasteiger partial charge in [0, 0.05) is 11.8 Å². The summed E-state index contributed by atoms with van der Waals surface area (Å²) in [7, 11) is 0. The van der Waals surface area contributed by atoms with Gasteiger partial charge in [0.05, 0.1) is 17.4 Å². The normalized spacial score (nSPS) is 10.6. The summed E-state index contributed by atoms with van der Waals surface area (Å²) < 4.78 is 5.68. The van der Waals surface area contributed by atoms with Crippen LogP contribution < -0.4 is 4.74 Å². The average molecular weight is 271 g/mol. The topological polar surface area (TPSA) is 59.4 Å². The van der Waals surface area contributed by atoms with Crippen molar-refractivity contribution in [2.24, 2.45) is 0 Å². The molecular formula is C16H17NO3. The van der Waals surface area contributed by atoms with Crippen molar-refractivity contribution in [3.05, 3.63) is 47.7 Å². The van der Waals surface area contributed by atoms with Crippen molar-refractivity contribution in [3.63, 3.8) is 0 Å². The Balaban J connectivity index is 2.36. The molecule has 4 nitrogen and oxygen atoms in total. The predicted octanol–water partition coefficient (Wildman–Crippen LogP) is 3.54. The number of benzene rings is 1. The number of pyridine rings is 1. The molecule has 0 spiro atoms. The molecule has 0 aliphatic rings. The second-order valence-corrected chi connectivity index (χ2v) is 4.88. The third-order valence-corrected chi connectivity index (χ3v) is 2.84. The summed E-state index contributed by atoms with van der Waals surface area (Å²) in [5.41, 5.74) is 2.75. The molecule has 20 heavy (non-hydrogen) atoms. The van der Waals surface area contributed by atoms with Crippen LogP contribution in [-0.4, -0.2) is 22.2 Å². The van der Waals surface area contributed by atoms with Crippen LogP contribution in [0, 0.1) is 6.92 Å². The van der Waals surface area contributed by atoms with Crippen LogP contribution in [-0.2, 0) is 0 Å². The van der Waals surface area contributed by atoms with Crippen LogP contribution in [0.2, 0.25) is 0 Å². The van der Waals surface area contributed by atoms with E-state index in [1.807, 2.05) is 39.0 Å². The molecule has 0 aliphatic carbocycles. The Morgan fingerprint density at radius 3 is 2.60 bits per heavy atom. The first kappa shape index (κ1) is 14.1. The minimum atomic E-state index is -0.954. The number of aromatic carboxylic acids is 1. The minimum absolute atomic E-state index is 0.119. The van der Waals surface area contributed by atoms with Gasteiger partial charge in [-0.1, -0.05) is 0 Å². The summed E-state index contributed by atoms with van der Waals surface area (Å²) in [4.78, 5) is 15.2. The Kier molecular flexibility index (Phi) is 4.03. The molecule has 0 unspecified atom stereocenters. The fourth-order valence-corrected chi connectivity index (χ4v) is 1.92. The fourth-order valence-electron chi connectivity index (χ4n) is 1.92. The quantitative estimate of drug-likeness (QED) is 0.924. The van der Waals surface area contributed by atoms with Gasteiger partial charge in [-0.2, -0.15) is 0 Å². The maximum atomic E-state index is 11.0. The van der Waals surface area contributed by atoms with E-state index < -0.39 is 5.97 Å². The molecule has 0 amide bonds. The molecule has 4 heteroatoms. The van der Waals surface area contributed by atoms with Gasteiger partial charge in [0.15, 0.2) is 0 Å². The van der Waals surface area contributed by atoms with E-state index in [1.54, 1.807) is 6.07 Å². The van der Waals surface area contributed by atoms with Crippen LogP contribution in [0.5, 0.6) is 5.75 Å². The number of hydrogen-bond donors (Lipinski definition) is 1. The number of carboxylic acid groups (broad SMARTS) is 1. The van der Waals surface area contributed by atoms with Crippen LogP contribution in [0.3, 0.4) is 0 Å². The lowest BCUT2D eigenvalue weighted by Gasteiger charge is -2.13. The van der Waals surface area contributed by atoms with E-state index in [2.05, 4.69) is 4.98 Å². The Morgan fingerprint density at radius 2 is 2.00 bits per heavy atom. The number of aromatic nitrogens is 1. The molecule has 2 rings (SSSR count). The molecule has 0 bridgehead atoms. The average Bonchev–Trinajstić information content (AvgIpc) is 2.40. The molecule has 0 aliphatic heterocycles. The maximum absolute atomic E-state index is 11.0. The first-order chi connectivity index (χ1) is 9.47. The predicted molar refractivity (Wildman–Crippen MR) is 77.1 cm³/mol. The molecule has 1 N–H and O–H groups in total. The smallest absolute Gasteiger partial charge is 0.335 e. The number of ether oxygens (including phenoxy) is 1. The Labute approximate surface area is 118 Å². The lowest BCUT2D eigenvalue weighted by atomic mass is 10.1. The van der Waals surface area contributed by atoms with E-state index in [1.165, 1.54) is 12.3 Å². The monoisotopic (exact) mass is 271 g/mol. The van der Waals surface area contributed by atoms with Gasteiger partial charge in [0.2, 0.25) is 0 Å². The largest absolute Gasteiger partial charge is 0.491 e. The van der Waals surface area contributed by atoms with Gasteiger partial charge >= 0.3 is 5.97 Å². The number of rotatable bonds is 4.